The Kier molecular flexibility index (Phi) is 7.56. The molecule has 0 radical (unpaired) electrons. The Morgan fingerprint density at radius 3 is 2.50 bits per heavy atom. The second-order valence-electron chi connectivity index (χ2n) is 9.21. The number of sulfonamides is 1. The van der Waals surface area contributed by atoms with E-state index in [1.165, 1.54) is 31.0 Å². The van der Waals surface area contributed by atoms with Gasteiger partial charge in [-0.1, -0.05) is 37.1 Å². The Balaban J connectivity index is 1.64. The third-order valence-electron chi connectivity index (χ3n) is 6.14. The first-order chi connectivity index (χ1) is 17.1. The predicted molar refractivity (Wildman–Crippen MR) is 137 cm³/mol. The molecule has 1 fully saturated rings. The van der Waals surface area contributed by atoms with Crippen LogP contribution in [0.1, 0.15) is 47.2 Å². The number of carboxylic acid groups (broad SMARTS) is 1. The lowest BCUT2D eigenvalue weighted by atomic mass is 10.00. The Hall–Kier alpha value is -3.50. The molecule has 4 N–H and O–H groups in total. The van der Waals surface area contributed by atoms with Crippen LogP contribution in [0, 0.1) is 19.8 Å². The van der Waals surface area contributed by atoms with E-state index in [0.29, 0.717) is 5.69 Å². The number of carboxylic acids is 1. The first-order valence-corrected chi connectivity index (χ1v) is 13.3. The van der Waals surface area contributed by atoms with Crippen molar-refractivity contribution in [2.75, 3.05) is 11.3 Å². The number of anilines is 1. The number of carbonyl (C=O) groups is 1. The first kappa shape index (κ1) is 25.6. The lowest BCUT2D eigenvalue weighted by Gasteiger charge is -2.16. The molecule has 1 aliphatic rings. The van der Waals surface area contributed by atoms with Gasteiger partial charge in [0, 0.05) is 17.7 Å². The van der Waals surface area contributed by atoms with E-state index in [9.17, 15) is 18.3 Å². The van der Waals surface area contributed by atoms with E-state index >= 15 is 0 Å². The van der Waals surface area contributed by atoms with E-state index in [1.54, 1.807) is 6.07 Å². The Morgan fingerprint density at radius 2 is 1.83 bits per heavy atom. The molecule has 3 aromatic rings. The molecule has 0 bridgehead atoms. The van der Waals surface area contributed by atoms with Crippen molar-refractivity contribution >= 4 is 21.9 Å². The largest absolute Gasteiger partial charge is 0.478 e. The Bertz CT molecular complexity index is 1350. The molecule has 1 aromatic heterocycles. The van der Waals surface area contributed by atoms with Gasteiger partial charge < -0.3 is 15.6 Å². The van der Waals surface area contributed by atoms with Gasteiger partial charge in [0.05, 0.1) is 16.2 Å². The number of hydrogen-bond donors (Lipinski definition) is 3. The fraction of sp³-hybridized carbons (Fsp3) is 0.346. The highest BCUT2D eigenvalue weighted by Crippen LogP contribution is 2.34. The number of aromatic nitrogens is 2. The van der Waals surface area contributed by atoms with Crippen molar-refractivity contribution in [3.8, 4) is 17.1 Å². The molecular formula is C26H30N4O5S. The van der Waals surface area contributed by atoms with Gasteiger partial charge in [-0.2, -0.15) is 4.98 Å². The Morgan fingerprint density at radius 1 is 1.14 bits per heavy atom. The maximum atomic E-state index is 13.0. The summed E-state index contributed by atoms with van der Waals surface area (Å²) in [6.45, 7) is 4.13. The fourth-order valence-corrected chi connectivity index (χ4v) is 4.99. The molecule has 0 unspecified atom stereocenters. The minimum atomic E-state index is -4.17. The molecule has 9 nitrogen and oxygen atoms in total. The summed E-state index contributed by atoms with van der Waals surface area (Å²) < 4.78 is 34.3. The second-order valence-corrected chi connectivity index (χ2v) is 10.9. The van der Waals surface area contributed by atoms with Crippen LogP contribution < -0.4 is 15.2 Å². The van der Waals surface area contributed by atoms with Crippen LogP contribution >= 0.6 is 0 Å². The van der Waals surface area contributed by atoms with Crippen LogP contribution in [0.5, 0.6) is 5.88 Å². The van der Waals surface area contributed by atoms with Crippen molar-refractivity contribution < 1.29 is 23.1 Å². The van der Waals surface area contributed by atoms with E-state index in [-0.39, 0.29) is 34.9 Å². The van der Waals surface area contributed by atoms with Crippen molar-refractivity contribution in [2.24, 2.45) is 11.7 Å². The van der Waals surface area contributed by atoms with Crippen LogP contribution in [0.25, 0.3) is 11.3 Å². The van der Waals surface area contributed by atoms with Gasteiger partial charge in [-0.15, -0.1) is 0 Å². The van der Waals surface area contributed by atoms with Crippen LogP contribution in [-0.4, -0.2) is 42.1 Å². The van der Waals surface area contributed by atoms with E-state index in [4.69, 9.17) is 10.5 Å². The summed E-state index contributed by atoms with van der Waals surface area (Å²) in [4.78, 5) is 19.8. The van der Waals surface area contributed by atoms with Gasteiger partial charge >= 0.3 is 5.97 Å². The van der Waals surface area contributed by atoms with Gasteiger partial charge in [-0.25, -0.2) is 22.9 Å². The quantitative estimate of drug-likeness (QED) is 0.349. The third kappa shape index (κ3) is 6.38. The average molecular weight is 511 g/mol. The highest BCUT2D eigenvalue weighted by atomic mass is 32.2. The van der Waals surface area contributed by atoms with Gasteiger partial charge in [0.2, 0.25) is 11.8 Å². The third-order valence-corrected chi connectivity index (χ3v) is 7.47. The van der Waals surface area contributed by atoms with Gasteiger partial charge in [0.25, 0.3) is 10.0 Å². The van der Waals surface area contributed by atoms with E-state index in [2.05, 4.69) is 14.7 Å². The van der Waals surface area contributed by atoms with Gasteiger partial charge in [0.15, 0.2) is 0 Å². The molecule has 0 aliphatic heterocycles. The normalized spacial score (nSPS) is 14.3. The SMILES string of the molecule is Cc1cccc(C)c1-c1cc(OC[C@H](N)CCC2CC2)nc(NS(=O)(=O)c2cccc(C(=O)O)c2)n1. The summed E-state index contributed by atoms with van der Waals surface area (Å²) in [6.07, 6.45) is 4.44. The number of nitrogens with zero attached hydrogens (tertiary/aromatic N) is 2. The minimum Gasteiger partial charge on any atom is -0.478 e. The number of aromatic carboxylic acids is 1. The fourth-order valence-electron chi connectivity index (χ4n) is 4.00. The number of nitrogens with one attached hydrogen (secondary N) is 1. The number of benzene rings is 2. The maximum absolute atomic E-state index is 13.0. The zero-order valence-corrected chi connectivity index (χ0v) is 21.1. The number of ether oxygens (including phenoxy) is 1. The molecular weight excluding hydrogens is 480 g/mol. The summed E-state index contributed by atoms with van der Waals surface area (Å²) in [6, 6.07) is 12.4. The predicted octanol–water partition coefficient (Wildman–Crippen LogP) is 4.16. The molecule has 4 rings (SSSR count). The maximum Gasteiger partial charge on any atom is 0.335 e. The molecule has 10 heteroatoms. The molecule has 0 saturated heterocycles. The monoisotopic (exact) mass is 510 g/mol. The molecule has 1 atom stereocenters. The van der Waals surface area contributed by atoms with E-state index in [1.807, 2.05) is 32.0 Å². The molecule has 2 aromatic carbocycles. The van der Waals surface area contributed by atoms with Crippen molar-refractivity contribution in [3.63, 3.8) is 0 Å². The van der Waals surface area contributed by atoms with Crippen LogP contribution in [0.4, 0.5) is 5.95 Å². The molecule has 1 aliphatic carbocycles. The number of aryl methyl sites for hydroxylation is 2. The highest BCUT2D eigenvalue weighted by Gasteiger charge is 2.23. The zero-order chi connectivity index (χ0) is 25.9. The number of hydrogen-bond acceptors (Lipinski definition) is 7. The number of rotatable bonds is 11. The lowest BCUT2D eigenvalue weighted by Crippen LogP contribution is -2.28. The molecule has 190 valence electrons. The average Bonchev–Trinajstić information content (AvgIpc) is 3.66. The van der Waals surface area contributed by atoms with E-state index < -0.39 is 16.0 Å². The Labute approximate surface area is 210 Å². The van der Waals surface area contributed by atoms with Crippen LogP contribution in [0.3, 0.4) is 0 Å². The summed E-state index contributed by atoms with van der Waals surface area (Å²) >= 11 is 0. The zero-order valence-electron chi connectivity index (χ0n) is 20.3. The van der Waals surface area contributed by atoms with Crippen molar-refractivity contribution in [3.05, 3.63) is 65.2 Å². The standard InChI is InChI=1S/C26H30N4O5S/c1-16-5-3-6-17(2)24(16)22-14-23(35-15-20(27)12-11-18-9-10-18)29-26(28-22)30-36(33,34)21-8-4-7-19(13-21)25(31)32/h3-8,13-14,18,20H,9-12,15,27H2,1-2H3,(H,31,32)(H,28,29,30)/t20-/m1/s1. The molecule has 1 heterocycles. The van der Waals surface area contributed by atoms with Crippen molar-refractivity contribution in [1.82, 2.24) is 9.97 Å². The van der Waals surface area contributed by atoms with Crippen molar-refractivity contribution in [1.29, 1.82) is 0 Å². The summed E-state index contributed by atoms with van der Waals surface area (Å²) in [7, 11) is -4.17. The van der Waals surface area contributed by atoms with Gasteiger partial charge in [-0.3, -0.25) is 0 Å². The van der Waals surface area contributed by atoms with E-state index in [0.717, 1.165) is 41.5 Å². The smallest absolute Gasteiger partial charge is 0.335 e. The van der Waals surface area contributed by atoms with Crippen LogP contribution in [0.2, 0.25) is 0 Å². The van der Waals surface area contributed by atoms with Gasteiger partial charge in [-0.05, 0) is 61.9 Å². The summed E-state index contributed by atoms with van der Waals surface area (Å²) in [5.41, 5.74) is 9.34. The molecule has 0 amide bonds. The van der Waals surface area contributed by atoms with Crippen molar-refractivity contribution in [2.45, 2.75) is 50.5 Å². The number of nitrogens with two attached hydrogens (primary N) is 1. The minimum absolute atomic E-state index is 0.146. The second kappa shape index (κ2) is 10.6. The molecule has 1 saturated carbocycles. The van der Waals surface area contributed by atoms with Crippen LogP contribution in [-0.2, 0) is 10.0 Å². The topological polar surface area (TPSA) is 144 Å². The highest BCUT2D eigenvalue weighted by molar-refractivity contribution is 7.92. The van der Waals surface area contributed by atoms with Gasteiger partial charge in [0.1, 0.15) is 6.61 Å². The van der Waals surface area contributed by atoms with Crippen LogP contribution in [0.15, 0.2) is 53.4 Å². The summed E-state index contributed by atoms with van der Waals surface area (Å²) in [5.74, 6) is -0.445. The lowest BCUT2D eigenvalue weighted by molar-refractivity contribution is 0.0696. The molecule has 36 heavy (non-hydrogen) atoms. The first-order valence-electron chi connectivity index (χ1n) is 11.8. The molecule has 0 spiro atoms. The summed E-state index contributed by atoms with van der Waals surface area (Å²) in [5, 5.41) is 9.22.